The zero-order chi connectivity index (χ0) is 27.3. The maximum atomic E-state index is 14.3. The quantitative estimate of drug-likeness (QED) is 0.181. The molecule has 10 heteroatoms. The zero-order valence-corrected chi connectivity index (χ0v) is 20.2. The van der Waals surface area contributed by atoms with Crippen LogP contribution in [-0.2, 0) is 21.9 Å². The van der Waals surface area contributed by atoms with E-state index in [1.807, 2.05) is 19.1 Å². The molecule has 0 saturated heterocycles. The number of aliphatic hydroxyl groups excluding tert-OH is 1. The van der Waals surface area contributed by atoms with E-state index in [9.17, 15) is 23.8 Å². The molecular formula is C27H30F2N2O6. The summed E-state index contributed by atoms with van der Waals surface area (Å²) < 4.78 is 33.8. The summed E-state index contributed by atoms with van der Waals surface area (Å²) in [6.07, 6.45) is 0.273. The molecule has 0 heterocycles. The molecule has 198 valence electrons. The van der Waals surface area contributed by atoms with Crippen molar-refractivity contribution in [2.75, 3.05) is 18.5 Å². The second-order valence-electron chi connectivity index (χ2n) is 8.18. The summed E-state index contributed by atoms with van der Waals surface area (Å²) in [5, 5.41) is 32.6. The number of ether oxygens (including phenoxy) is 1. The Balaban J connectivity index is 0.00000153. The van der Waals surface area contributed by atoms with Gasteiger partial charge in [-0.25, -0.2) is 0 Å². The number of carboxylic acid groups (broad SMARTS) is 1. The van der Waals surface area contributed by atoms with Crippen LogP contribution in [0, 0.1) is 0 Å². The molecule has 0 radical (unpaired) electrons. The number of carbonyl (C=O) groups is 2. The summed E-state index contributed by atoms with van der Waals surface area (Å²) >= 11 is 0. The first kappa shape index (κ1) is 29.2. The van der Waals surface area contributed by atoms with Crippen LogP contribution in [0.3, 0.4) is 0 Å². The molecule has 0 unspecified atom stereocenters. The summed E-state index contributed by atoms with van der Waals surface area (Å²) in [6.45, 7) is 1.24. The molecule has 3 aromatic carbocycles. The van der Waals surface area contributed by atoms with Gasteiger partial charge in [0.05, 0.1) is 11.8 Å². The van der Waals surface area contributed by atoms with Gasteiger partial charge in [-0.15, -0.1) is 0 Å². The number of halogens is 2. The van der Waals surface area contributed by atoms with Gasteiger partial charge in [0.25, 0.3) is 6.47 Å². The lowest BCUT2D eigenvalue weighted by atomic mass is 10.1. The molecular weight excluding hydrogens is 486 g/mol. The number of alkyl halides is 2. The Morgan fingerprint density at radius 3 is 2.30 bits per heavy atom. The highest BCUT2D eigenvalue weighted by atomic mass is 19.3. The van der Waals surface area contributed by atoms with Crippen molar-refractivity contribution in [3.63, 3.8) is 0 Å². The molecule has 5 N–H and O–H groups in total. The van der Waals surface area contributed by atoms with Crippen molar-refractivity contribution in [2.45, 2.75) is 31.4 Å². The van der Waals surface area contributed by atoms with Gasteiger partial charge in [-0.1, -0.05) is 48.5 Å². The summed E-state index contributed by atoms with van der Waals surface area (Å²) in [6, 6.07) is 19.1. The maximum absolute atomic E-state index is 14.3. The molecule has 1 amide bonds. The van der Waals surface area contributed by atoms with Crippen molar-refractivity contribution >= 4 is 18.6 Å². The van der Waals surface area contributed by atoms with Crippen LogP contribution < -0.4 is 15.4 Å². The van der Waals surface area contributed by atoms with Crippen LogP contribution in [0.2, 0.25) is 0 Å². The minimum absolute atomic E-state index is 0.0218. The molecule has 2 atom stereocenters. The normalized spacial score (nSPS) is 12.4. The Bertz CT molecular complexity index is 1110. The van der Waals surface area contributed by atoms with E-state index in [0.29, 0.717) is 24.1 Å². The van der Waals surface area contributed by atoms with Gasteiger partial charge in [0.15, 0.2) is 6.61 Å². The molecule has 0 aromatic heterocycles. The van der Waals surface area contributed by atoms with Crippen LogP contribution in [0.4, 0.5) is 14.5 Å². The number of carbonyl (C=O) groups excluding carboxylic acids is 1. The number of aromatic hydroxyl groups is 1. The molecule has 0 saturated carbocycles. The lowest BCUT2D eigenvalue weighted by molar-refractivity contribution is -0.122. The number of aliphatic hydroxyl groups is 1. The van der Waals surface area contributed by atoms with E-state index in [2.05, 4.69) is 10.6 Å². The van der Waals surface area contributed by atoms with E-state index >= 15 is 0 Å². The van der Waals surface area contributed by atoms with E-state index in [-0.39, 0.29) is 36.1 Å². The fourth-order valence-corrected chi connectivity index (χ4v) is 3.46. The highest BCUT2D eigenvalue weighted by molar-refractivity contribution is 5.75. The molecule has 3 rings (SSSR count). The zero-order valence-electron chi connectivity index (χ0n) is 20.2. The maximum Gasteiger partial charge on any atom is 0.306 e. The topological polar surface area (TPSA) is 128 Å². The van der Waals surface area contributed by atoms with Gasteiger partial charge in [0.1, 0.15) is 11.5 Å². The van der Waals surface area contributed by atoms with E-state index in [0.717, 1.165) is 5.56 Å². The summed E-state index contributed by atoms with van der Waals surface area (Å²) in [5.74, 6) is -2.80. The number of phenolic OH excluding ortho intramolecular Hbond substituents is 1. The minimum atomic E-state index is -3.08. The SMILES string of the molecule is C[C@@H](Cc1ccc(OCC(F)(F)c2ccccc2)cc1)NC[C@H](O)c1ccc(O)c(NC=O)c1.O=CO. The Morgan fingerprint density at radius 2 is 1.68 bits per heavy atom. The molecule has 0 aliphatic rings. The Labute approximate surface area is 213 Å². The van der Waals surface area contributed by atoms with Gasteiger partial charge >= 0.3 is 5.92 Å². The summed E-state index contributed by atoms with van der Waals surface area (Å²) in [5.41, 5.74) is 1.68. The number of hydrogen-bond donors (Lipinski definition) is 5. The van der Waals surface area contributed by atoms with Gasteiger partial charge < -0.3 is 30.7 Å². The molecule has 0 aliphatic carbocycles. The van der Waals surface area contributed by atoms with Crippen molar-refractivity contribution in [2.24, 2.45) is 0 Å². The van der Waals surface area contributed by atoms with Crippen LogP contribution in [0.25, 0.3) is 0 Å². The monoisotopic (exact) mass is 516 g/mol. The fourth-order valence-electron chi connectivity index (χ4n) is 3.46. The number of rotatable bonds is 12. The predicted octanol–water partition coefficient (Wildman–Crippen LogP) is 4.09. The van der Waals surface area contributed by atoms with E-state index in [1.54, 1.807) is 36.4 Å². The highest BCUT2D eigenvalue weighted by Gasteiger charge is 2.32. The van der Waals surface area contributed by atoms with Crippen molar-refractivity contribution in [1.82, 2.24) is 5.32 Å². The lowest BCUT2D eigenvalue weighted by Crippen LogP contribution is -2.32. The van der Waals surface area contributed by atoms with E-state index < -0.39 is 18.6 Å². The highest BCUT2D eigenvalue weighted by Crippen LogP contribution is 2.29. The standard InChI is InChI=1S/C26H28F2N2O4.CH2O2/c1-18(29-15-25(33)20-9-12-24(32)23(14-20)30-17-31)13-19-7-10-22(11-8-19)34-16-26(27,28)21-5-3-2-4-6-21;2-1-3/h2-12,14,17-18,25,29,32-33H,13,15-16H2,1H3,(H,30,31);1H,(H,2,3)/t18-,25-;/m0./s1. The van der Waals surface area contributed by atoms with Gasteiger partial charge in [-0.05, 0) is 48.7 Å². The van der Waals surface area contributed by atoms with Crippen molar-refractivity contribution in [3.05, 3.63) is 89.5 Å². The van der Waals surface area contributed by atoms with Crippen molar-refractivity contribution < 1.29 is 38.4 Å². The number of benzene rings is 3. The van der Waals surface area contributed by atoms with Crippen LogP contribution in [0.1, 0.15) is 29.7 Å². The predicted molar refractivity (Wildman–Crippen MR) is 135 cm³/mol. The average Bonchev–Trinajstić information content (AvgIpc) is 2.89. The van der Waals surface area contributed by atoms with E-state index in [4.69, 9.17) is 14.6 Å². The van der Waals surface area contributed by atoms with Crippen LogP contribution in [0.15, 0.2) is 72.8 Å². The molecule has 0 fully saturated rings. The third kappa shape index (κ3) is 9.51. The van der Waals surface area contributed by atoms with Gasteiger partial charge in [0, 0.05) is 18.2 Å². The minimum Gasteiger partial charge on any atom is -0.506 e. The molecule has 0 aliphatic heterocycles. The van der Waals surface area contributed by atoms with Crippen LogP contribution >= 0.6 is 0 Å². The smallest absolute Gasteiger partial charge is 0.306 e. The first-order chi connectivity index (χ1) is 17.7. The second kappa shape index (κ2) is 14.5. The van der Waals surface area contributed by atoms with Crippen LogP contribution in [0.5, 0.6) is 11.5 Å². The van der Waals surface area contributed by atoms with E-state index in [1.165, 1.54) is 24.3 Å². The van der Waals surface area contributed by atoms with Crippen molar-refractivity contribution in [1.29, 1.82) is 0 Å². The largest absolute Gasteiger partial charge is 0.506 e. The third-order valence-electron chi connectivity index (χ3n) is 5.36. The first-order valence-corrected chi connectivity index (χ1v) is 11.4. The third-order valence-corrected chi connectivity index (χ3v) is 5.36. The summed E-state index contributed by atoms with van der Waals surface area (Å²) in [7, 11) is 0. The molecule has 37 heavy (non-hydrogen) atoms. The lowest BCUT2D eigenvalue weighted by Gasteiger charge is -2.19. The molecule has 3 aromatic rings. The fraction of sp³-hybridized carbons (Fsp3) is 0.259. The molecule has 8 nitrogen and oxygen atoms in total. The van der Waals surface area contributed by atoms with Gasteiger partial charge in [0.2, 0.25) is 6.41 Å². The Morgan fingerprint density at radius 1 is 1.03 bits per heavy atom. The van der Waals surface area contributed by atoms with Crippen LogP contribution in [-0.4, -0.2) is 47.4 Å². The van der Waals surface area contributed by atoms with Crippen molar-refractivity contribution in [3.8, 4) is 11.5 Å². The molecule has 0 spiro atoms. The summed E-state index contributed by atoms with van der Waals surface area (Å²) in [4.78, 5) is 19.0. The number of hydrogen-bond acceptors (Lipinski definition) is 6. The number of phenols is 1. The first-order valence-electron chi connectivity index (χ1n) is 11.4. The molecule has 0 bridgehead atoms. The average molecular weight is 517 g/mol. The second-order valence-corrected chi connectivity index (χ2v) is 8.18. The number of amides is 1. The Hall–Kier alpha value is -4.02. The van der Waals surface area contributed by atoms with Gasteiger partial charge in [-0.2, -0.15) is 8.78 Å². The van der Waals surface area contributed by atoms with Gasteiger partial charge in [-0.3, -0.25) is 9.59 Å². The Kier molecular flexibility index (Phi) is 11.5. The number of anilines is 1. The number of nitrogens with one attached hydrogen (secondary N) is 2.